The van der Waals surface area contributed by atoms with Crippen LogP contribution < -0.4 is 5.43 Å². The first-order chi connectivity index (χ1) is 9.33. The number of hydrogen-bond donors (Lipinski definition) is 1. The fourth-order valence-electron chi connectivity index (χ4n) is 2.13. The minimum Gasteiger partial charge on any atom is -0.379 e. The number of aromatic nitrogens is 2. The Labute approximate surface area is 116 Å². The highest BCUT2D eigenvalue weighted by Crippen LogP contribution is 2.25. The van der Waals surface area contributed by atoms with E-state index >= 15 is 0 Å². The molecule has 1 N–H and O–H groups in total. The summed E-state index contributed by atoms with van der Waals surface area (Å²) in [5, 5.41) is 3.32. The van der Waals surface area contributed by atoms with E-state index in [1.54, 1.807) is 11.3 Å². The molecule has 0 bridgehead atoms. The van der Waals surface area contributed by atoms with Gasteiger partial charge in [-0.2, -0.15) is 0 Å². The Kier molecular flexibility index (Phi) is 3.93. The molecule has 1 saturated heterocycles. The molecule has 1 aliphatic rings. The summed E-state index contributed by atoms with van der Waals surface area (Å²) in [5.74, 6) is 0. The maximum Gasteiger partial charge on any atom is 0.108 e. The molecule has 0 radical (unpaired) electrons. The summed E-state index contributed by atoms with van der Waals surface area (Å²) >= 11 is 1.74. The lowest BCUT2D eigenvalue weighted by Gasteiger charge is -2.26. The number of hydrazine groups is 1. The summed E-state index contributed by atoms with van der Waals surface area (Å²) in [7, 11) is 2.06. The van der Waals surface area contributed by atoms with Crippen LogP contribution in [0.2, 0.25) is 0 Å². The van der Waals surface area contributed by atoms with Crippen LogP contribution in [0.4, 0.5) is 0 Å². The van der Waals surface area contributed by atoms with Crippen LogP contribution in [0.3, 0.4) is 0 Å². The van der Waals surface area contributed by atoms with E-state index in [-0.39, 0.29) is 0 Å². The Hall–Kier alpha value is -1.21. The summed E-state index contributed by atoms with van der Waals surface area (Å²) in [5.41, 5.74) is 4.62. The number of thiazole rings is 1. The maximum absolute atomic E-state index is 5.32. The monoisotopic (exact) mass is 278 g/mol. The van der Waals surface area contributed by atoms with Gasteiger partial charge in [-0.25, -0.2) is 15.4 Å². The van der Waals surface area contributed by atoms with Gasteiger partial charge in [-0.15, -0.1) is 11.3 Å². The zero-order valence-electron chi connectivity index (χ0n) is 11.0. The maximum atomic E-state index is 5.32. The molecule has 6 heteroatoms. The van der Waals surface area contributed by atoms with Gasteiger partial charge in [-0.3, -0.25) is 0 Å². The fourth-order valence-corrected chi connectivity index (χ4v) is 3.05. The standard InChI is InChI=1S/C13H18N4OS/c1-16-4-2-3-11(16)12-9-14-13(19-12)10-15-17-5-7-18-8-6-17/h2-4,9,15H,5-8,10H2,1H3. The molecule has 0 aliphatic carbocycles. The van der Waals surface area contributed by atoms with E-state index in [1.807, 2.05) is 6.20 Å². The lowest BCUT2D eigenvalue weighted by molar-refractivity contribution is 0.0105. The van der Waals surface area contributed by atoms with Crippen molar-refractivity contribution in [2.45, 2.75) is 6.54 Å². The van der Waals surface area contributed by atoms with E-state index in [9.17, 15) is 0 Å². The van der Waals surface area contributed by atoms with Gasteiger partial charge in [-0.1, -0.05) is 0 Å². The van der Waals surface area contributed by atoms with Crippen molar-refractivity contribution in [3.63, 3.8) is 0 Å². The molecule has 0 aromatic carbocycles. The normalized spacial score (nSPS) is 16.9. The number of ether oxygens (including phenoxy) is 1. The Bertz CT molecular complexity index is 530. The van der Waals surface area contributed by atoms with Crippen LogP contribution >= 0.6 is 11.3 Å². The molecular formula is C13H18N4OS. The third kappa shape index (κ3) is 3.03. The molecule has 1 aliphatic heterocycles. The van der Waals surface area contributed by atoms with Crippen molar-refractivity contribution in [3.05, 3.63) is 29.5 Å². The Balaban J connectivity index is 1.60. The zero-order chi connectivity index (χ0) is 13.1. The third-order valence-corrected chi connectivity index (χ3v) is 4.23. The second kappa shape index (κ2) is 5.83. The van der Waals surface area contributed by atoms with Crippen molar-refractivity contribution in [3.8, 4) is 10.6 Å². The number of hydrogen-bond acceptors (Lipinski definition) is 5. The van der Waals surface area contributed by atoms with Gasteiger partial charge in [0.05, 0.1) is 30.3 Å². The van der Waals surface area contributed by atoms with Crippen molar-refractivity contribution in [2.75, 3.05) is 26.3 Å². The molecule has 0 amide bonds. The van der Waals surface area contributed by atoms with Crippen LogP contribution in [0, 0.1) is 0 Å². The third-order valence-electron chi connectivity index (χ3n) is 3.21. The van der Waals surface area contributed by atoms with Crippen LogP contribution in [0.15, 0.2) is 24.5 Å². The van der Waals surface area contributed by atoms with E-state index in [1.165, 1.54) is 10.6 Å². The van der Waals surface area contributed by atoms with Crippen molar-refractivity contribution in [1.82, 2.24) is 20.0 Å². The van der Waals surface area contributed by atoms with Gasteiger partial charge in [-0.05, 0) is 12.1 Å². The average Bonchev–Trinajstić information content (AvgIpc) is 3.06. The van der Waals surface area contributed by atoms with Crippen LogP contribution in [0.25, 0.3) is 10.6 Å². The average molecular weight is 278 g/mol. The largest absolute Gasteiger partial charge is 0.379 e. The first-order valence-electron chi connectivity index (χ1n) is 6.45. The van der Waals surface area contributed by atoms with Crippen molar-refractivity contribution < 1.29 is 4.74 Å². The van der Waals surface area contributed by atoms with E-state index in [0.717, 1.165) is 37.9 Å². The first-order valence-corrected chi connectivity index (χ1v) is 7.27. The van der Waals surface area contributed by atoms with Crippen LogP contribution in [-0.2, 0) is 18.3 Å². The number of aryl methyl sites for hydroxylation is 1. The summed E-state index contributed by atoms with van der Waals surface area (Å²) in [6.45, 7) is 4.28. The zero-order valence-corrected chi connectivity index (χ0v) is 11.8. The summed E-state index contributed by atoms with van der Waals surface area (Å²) < 4.78 is 7.44. The molecule has 0 saturated carbocycles. The molecule has 2 aromatic heterocycles. The van der Waals surface area contributed by atoms with E-state index in [0.29, 0.717) is 0 Å². The van der Waals surface area contributed by atoms with Gasteiger partial charge in [0.25, 0.3) is 0 Å². The Morgan fingerprint density at radius 2 is 2.26 bits per heavy atom. The molecule has 5 nitrogen and oxygen atoms in total. The molecule has 19 heavy (non-hydrogen) atoms. The molecule has 102 valence electrons. The molecule has 0 atom stereocenters. The number of morpholine rings is 1. The lowest BCUT2D eigenvalue weighted by Crippen LogP contribution is -2.45. The van der Waals surface area contributed by atoms with Crippen molar-refractivity contribution in [2.24, 2.45) is 7.05 Å². The number of nitrogens with one attached hydrogen (secondary N) is 1. The number of rotatable bonds is 4. The van der Waals surface area contributed by atoms with Gasteiger partial charge in [0.2, 0.25) is 0 Å². The van der Waals surface area contributed by atoms with Gasteiger partial charge in [0.15, 0.2) is 0 Å². The highest BCUT2D eigenvalue weighted by molar-refractivity contribution is 7.15. The fraction of sp³-hybridized carbons (Fsp3) is 0.462. The summed E-state index contributed by atoms with van der Waals surface area (Å²) in [6.07, 6.45) is 4.01. The molecule has 0 unspecified atom stereocenters. The summed E-state index contributed by atoms with van der Waals surface area (Å²) in [6, 6.07) is 4.17. The van der Waals surface area contributed by atoms with Crippen LogP contribution in [-0.4, -0.2) is 40.9 Å². The molecule has 3 heterocycles. The second-order valence-electron chi connectivity index (χ2n) is 4.56. The second-order valence-corrected chi connectivity index (χ2v) is 5.67. The quantitative estimate of drug-likeness (QED) is 0.920. The van der Waals surface area contributed by atoms with Crippen LogP contribution in [0.5, 0.6) is 0 Å². The highest BCUT2D eigenvalue weighted by atomic mass is 32.1. The Morgan fingerprint density at radius 3 is 3.00 bits per heavy atom. The molecule has 3 rings (SSSR count). The van der Waals surface area contributed by atoms with Gasteiger partial charge in [0.1, 0.15) is 5.01 Å². The minimum atomic E-state index is 0.787. The predicted octanol–water partition coefficient (Wildman–Crippen LogP) is 1.49. The minimum absolute atomic E-state index is 0.787. The van der Waals surface area contributed by atoms with Gasteiger partial charge >= 0.3 is 0 Å². The van der Waals surface area contributed by atoms with E-state index < -0.39 is 0 Å². The highest BCUT2D eigenvalue weighted by Gasteiger charge is 2.11. The Morgan fingerprint density at radius 1 is 1.42 bits per heavy atom. The first kappa shape index (κ1) is 12.8. The molecule has 2 aromatic rings. The van der Waals surface area contributed by atoms with E-state index in [2.05, 4.69) is 45.4 Å². The molecular weight excluding hydrogens is 260 g/mol. The lowest BCUT2D eigenvalue weighted by atomic mass is 10.4. The van der Waals surface area contributed by atoms with E-state index in [4.69, 9.17) is 4.74 Å². The SMILES string of the molecule is Cn1cccc1-c1cnc(CNN2CCOCC2)s1. The smallest absolute Gasteiger partial charge is 0.108 e. The van der Waals surface area contributed by atoms with Gasteiger partial charge < -0.3 is 9.30 Å². The molecule has 1 fully saturated rings. The topological polar surface area (TPSA) is 42.3 Å². The summed E-state index contributed by atoms with van der Waals surface area (Å²) in [4.78, 5) is 5.70. The van der Waals surface area contributed by atoms with Crippen LogP contribution in [0.1, 0.15) is 5.01 Å². The predicted molar refractivity (Wildman–Crippen MR) is 75.8 cm³/mol. The van der Waals surface area contributed by atoms with Crippen molar-refractivity contribution in [1.29, 1.82) is 0 Å². The number of nitrogens with zero attached hydrogens (tertiary/aromatic N) is 3. The van der Waals surface area contributed by atoms with Crippen molar-refractivity contribution >= 4 is 11.3 Å². The van der Waals surface area contributed by atoms with Gasteiger partial charge in [0, 0.05) is 32.5 Å². The molecule has 0 spiro atoms.